The zero-order valence-electron chi connectivity index (χ0n) is 26.7. The van der Waals surface area contributed by atoms with Gasteiger partial charge in [0.2, 0.25) is 0 Å². The zero-order chi connectivity index (χ0) is 30.2. The molecule has 1 aromatic carbocycles. The van der Waals surface area contributed by atoms with Gasteiger partial charge >= 0.3 is 11.9 Å². The van der Waals surface area contributed by atoms with Gasteiger partial charge in [0.25, 0.3) is 0 Å². The molecule has 6 nitrogen and oxygen atoms in total. The van der Waals surface area contributed by atoms with Crippen LogP contribution >= 0.6 is 0 Å². The lowest BCUT2D eigenvalue weighted by atomic mass is 9.88. The molecule has 6 heteroatoms. The Morgan fingerprint density at radius 3 is 1.83 bits per heavy atom. The first-order valence-electron chi connectivity index (χ1n) is 16.4. The van der Waals surface area contributed by atoms with E-state index in [1.807, 2.05) is 45.9 Å². The van der Waals surface area contributed by atoms with Crippen molar-refractivity contribution in [2.45, 2.75) is 150 Å². The van der Waals surface area contributed by atoms with Gasteiger partial charge in [-0.05, 0) is 57.9 Å². The van der Waals surface area contributed by atoms with Gasteiger partial charge in [0, 0.05) is 11.8 Å². The van der Waals surface area contributed by atoms with Crippen LogP contribution in [0.25, 0.3) is 0 Å². The smallest absolute Gasteiger partial charge is 0.308 e. The number of esters is 2. The standard InChI is InChI=1S/C21H32O3.C14H26O3/c1-4-5-13-19-17(3)24-21(22)16(2)10-9-14-20(19)23-15-18-11-7-6-8-12-18;1-4-5-8-12-11(3)17-14(16)10(2)7-6-9-13(12)15/h6-8,11-12,16-17,19-20H,4-5,9-10,13-15H2,1-3H3;10-13,15H,4-9H2,1-3H3/t16-,17-,19-,20-;10-,11-,12-,13-/m00/s1. The van der Waals surface area contributed by atoms with Gasteiger partial charge in [0.15, 0.2) is 0 Å². The van der Waals surface area contributed by atoms with Gasteiger partial charge in [-0.25, -0.2) is 0 Å². The normalized spacial score (nSPS) is 31.5. The van der Waals surface area contributed by atoms with E-state index in [9.17, 15) is 14.7 Å². The summed E-state index contributed by atoms with van der Waals surface area (Å²) in [7, 11) is 0. The molecular weight excluding hydrogens is 516 g/mol. The number of cyclic esters (lactones) is 2. The Hall–Kier alpha value is -1.92. The average Bonchev–Trinajstić information content (AvgIpc) is 3.03. The average molecular weight is 575 g/mol. The minimum atomic E-state index is -0.324. The lowest BCUT2D eigenvalue weighted by Crippen LogP contribution is -2.35. The van der Waals surface area contributed by atoms with E-state index in [0.29, 0.717) is 6.61 Å². The molecule has 0 aliphatic carbocycles. The van der Waals surface area contributed by atoms with Crippen molar-refractivity contribution in [3.8, 4) is 0 Å². The fraction of sp³-hybridized carbons (Fsp3) is 0.771. The minimum absolute atomic E-state index is 0.00727. The van der Waals surface area contributed by atoms with Gasteiger partial charge in [-0.15, -0.1) is 0 Å². The first-order valence-corrected chi connectivity index (χ1v) is 16.4. The van der Waals surface area contributed by atoms with Crippen LogP contribution in [0.5, 0.6) is 0 Å². The van der Waals surface area contributed by atoms with Crippen LogP contribution in [0, 0.1) is 23.7 Å². The quantitative estimate of drug-likeness (QED) is 0.301. The predicted molar refractivity (Wildman–Crippen MR) is 164 cm³/mol. The molecular formula is C35H58O6. The third-order valence-corrected chi connectivity index (χ3v) is 8.94. The van der Waals surface area contributed by atoms with Crippen LogP contribution in [0.2, 0.25) is 0 Å². The maximum absolute atomic E-state index is 12.2. The van der Waals surface area contributed by atoms with E-state index in [1.54, 1.807) is 0 Å². The van der Waals surface area contributed by atoms with E-state index in [4.69, 9.17) is 14.2 Å². The van der Waals surface area contributed by atoms with Gasteiger partial charge < -0.3 is 19.3 Å². The molecule has 0 aromatic heterocycles. The van der Waals surface area contributed by atoms with Gasteiger partial charge in [-0.2, -0.15) is 0 Å². The van der Waals surface area contributed by atoms with Gasteiger partial charge in [-0.1, -0.05) is 96.6 Å². The number of rotatable bonds is 9. The summed E-state index contributed by atoms with van der Waals surface area (Å²) in [5.41, 5.74) is 1.20. The maximum Gasteiger partial charge on any atom is 0.308 e. The second kappa shape index (κ2) is 19.3. The van der Waals surface area contributed by atoms with E-state index in [0.717, 1.165) is 77.0 Å². The Kier molecular flexibility index (Phi) is 16.6. The predicted octanol–water partition coefficient (Wildman–Crippen LogP) is 8.04. The van der Waals surface area contributed by atoms with Crippen LogP contribution < -0.4 is 0 Å². The molecule has 0 bridgehead atoms. The van der Waals surface area contributed by atoms with Crippen molar-refractivity contribution in [3.05, 3.63) is 35.9 Å². The molecule has 8 atom stereocenters. The molecule has 0 radical (unpaired) electrons. The zero-order valence-corrected chi connectivity index (χ0v) is 26.7. The highest BCUT2D eigenvalue weighted by Crippen LogP contribution is 2.30. The van der Waals surface area contributed by atoms with Crippen molar-refractivity contribution in [1.82, 2.24) is 0 Å². The summed E-state index contributed by atoms with van der Waals surface area (Å²) in [6, 6.07) is 10.3. The number of carbonyl (C=O) groups is 2. The molecule has 41 heavy (non-hydrogen) atoms. The molecule has 2 heterocycles. The fourth-order valence-corrected chi connectivity index (χ4v) is 6.02. The van der Waals surface area contributed by atoms with Crippen molar-refractivity contribution in [3.63, 3.8) is 0 Å². The van der Waals surface area contributed by atoms with E-state index in [-0.39, 0.29) is 60.0 Å². The second-order valence-electron chi connectivity index (χ2n) is 12.5. The summed E-state index contributed by atoms with van der Waals surface area (Å²) < 4.78 is 17.5. The summed E-state index contributed by atoms with van der Waals surface area (Å²) >= 11 is 0. The number of unbranched alkanes of at least 4 members (excludes halogenated alkanes) is 2. The number of carbonyl (C=O) groups excluding carboxylic acids is 2. The number of aliphatic hydroxyl groups excluding tert-OH is 1. The highest BCUT2D eigenvalue weighted by Gasteiger charge is 2.33. The third kappa shape index (κ3) is 12.5. The minimum Gasteiger partial charge on any atom is -0.462 e. The Balaban J connectivity index is 0.000000305. The molecule has 0 unspecified atom stereocenters. The number of ether oxygens (including phenoxy) is 3. The molecule has 2 saturated heterocycles. The summed E-state index contributed by atoms with van der Waals surface area (Å²) in [5.74, 6) is 0.189. The van der Waals surface area contributed by atoms with Crippen LogP contribution in [-0.2, 0) is 30.4 Å². The van der Waals surface area contributed by atoms with Crippen LogP contribution in [0.1, 0.15) is 124 Å². The van der Waals surface area contributed by atoms with E-state index >= 15 is 0 Å². The number of hydrogen-bond acceptors (Lipinski definition) is 6. The number of benzene rings is 1. The van der Waals surface area contributed by atoms with E-state index < -0.39 is 0 Å². The lowest BCUT2D eigenvalue weighted by Gasteiger charge is -2.31. The van der Waals surface area contributed by atoms with Crippen LogP contribution in [0.15, 0.2) is 30.3 Å². The molecule has 2 aliphatic rings. The topological polar surface area (TPSA) is 82.1 Å². The van der Waals surface area contributed by atoms with E-state index in [1.165, 1.54) is 5.56 Å². The first-order chi connectivity index (χ1) is 19.7. The van der Waals surface area contributed by atoms with Crippen molar-refractivity contribution in [2.75, 3.05) is 0 Å². The van der Waals surface area contributed by atoms with Crippen molar-refractivity contribution in [1.29, 1.82) is 0 Å². The summed E-state index contributed by atoms with van der Waals surface area (Å²) in [6.45, 7) is 12.8. The molecule has 3 rings (SSSR count). The first kappa shape index (κ1) is 35.3. The largest absolute Gasteiger partial charge is 0.462 e. The maximum atomic E-state index is 12.2. The summed E-state index contributed by atoms with van der Waals surface area (Å²) in [4.78, 5) is 23.9. The van der Waals surface area contributed by atoms with Crippen molar-refractivity contribution < 1.29 is 28.9 Å². The van der Waals surface area contributed by atoms with Gasteiger partial charge in [0.1, 0.15) is 12.2 Å². The molecule has 2 aliphatic heterocycles. The molecule has 0 spiro atoms. The third-order valence-electron chi connectivity index (χ3n) is 8.94. The molecule has 0 amide bonds. The Labute approximate surface area is 249 Å². The summed E-state index contributed by atoms with van der Waals surface area (Å²) in [6.07, 6.45) is 11.5. The molecule has 1 aromatic rings. The van der Waals surface area contributed by atoms with Crippen molar-refractivity contribution in [2.24, 2.45) is 23.7 Å². The van der Waals surface area contributed by atoms with Crippen LogP contribution in [-0.4, -0.2) is 41.5 Å². The van der Waals surface area contributed by atoms with Gasteiger partial charge in [0.05, 0.1) is 30.7 Å². The van der Waals surface area contributed by atoms with E-state index in [2.05, 4.69) is 26.0 Å². The summed E-state index contributed by atoms with van der Waals surface area (Å²) in [5, 5.41) is 10.2. The van der Waals surface area contributed by atoms with Gasteiger partial charge in [-0.3, -0.25) is 9.59 Å². The van der Waals surface area contributed by atoms with Crippen LogP contribution in [0.3, 0.4) is 0 Å². The Morgan fingerprint density at radius 1 is 0.756 bits per heavy atom. The lowest BCUT2D eigenvalue weighted by molar-refractivity contribution is -0.158. The highest BCUT2D eigenvalue weighted by molar-refractivity contribution is 5.72. The monoisotopic (exact) mass is 574 g/mol. The number of aliphatic hydroxyl groups is 1. The SMILES string of the molecule is CCCC[C@H]1[C@H](C)OC(=O)[C@@H](C)CCC[C@@H]1O.CCCC[C@H]1[C@H](C)OC(=O)[C@@H](C)CCC[C@@H]1OCc1ccccc1. The highest BCUT2D eigenvalue weighted by atomic mass is 16.6. The fourth-order valence-electron chi connectivity index (χ4n) is 6.02. The Morgan fingerprint density at radius 2 is 1.27 bits per heavy atom. The second-order valence-corrected chi connectivity index (χ2v) is 12.5. The molecule has 1 N–H and O–H groups in total. The number of hydrogen-bond donors (Lipinski definition) is 1. The molecule has 0 saturated carbocycles. The Bertz CT molecular complexity index is 857. The van der Waals surface area contributed by atoms with Crippen molar-refractivity contribution >= 4 is 11.9 Å². The molecule has 234 valence electrons. The van der Waals surface area contributed by atoms with Crippen LogP contribution in [0.4, 0.5) is 0 Å². The molecule has 2 fully saturated rings.